The Morgan fingerprint density at radius 1 is 0.969 bits per heavy atom. The van der Waals surface area contributed by atoms with Crippen molar-refractivity contribution in [2.24, 2.45) is 5.92 Å². The van der Waals surface area contributed by atoms with Crippen LogP contribution in [0.5, 0.6) is 5.75 Å². The Morgan fingerprint density at radius 2 is 1.66 bits per heavy atom. The molecule has 32 heavy (non-hydrogen) atoms. The lowest BCUT2D eigenvalue weighted by Crippen LogP contribution is -2.27. The fourth-order valence-electron chi connectivity index (χ4n) is 3.91. The summed E-state index contributed by atoms with van der Waals surface area (Å²) in [6.45, 7) is 5.41. The molecule has 0 N–H and O–H groups in total. The zero-order chi connectivity index (χ0) is 22.8. The predicted molar refractivity (Wildman–Crippen MR) is 123 cm³/mol. The lowest BCUT2D eigenvalue weighted by molar-refractivity contribution is -0.207. The number of benzene rings is 2. The van der Waals surface area contributed by atoms with Crippen molar-refractivity contribution in [1.82, 2.24) is 0 Å². The molecule has 4 nitrogen and oxygen atoms in total. The molecule has 0 atom stereocenters. The average Bonchev–Trinajstić information content (AvgIpc) is 2.82. The van der Waals surface area contributed by atoms with Crippen LogP contribution in [0.1, 0.15) is 86.6 Å². The van der Waals surface area contributed by atoms with Gasteiger partial charge in [0, 0.05) is 11.5 Å². The molecule has 0 spiro atoms. The lowest BCUT2D eigenvalue weighted by atomic mass is 10.0. The molecule has 1 saturated heterocycles. The molecule has 1 heterocycles. The molecular formula is C27H35FO4. The molecule has 0 aromatic heterocycles. The van der Waals surface area contributed by atoms with Crippen molar-refractivity contribution in [2.75, 3.05) is 13.2 Å². The SMILES string of the molecule is CCCCCCCCC1COC(c2ccc(C(=O)Oc3ccc(CC)cc3)cc2F)OC1. The number of unbranched alkanes of at least 4 members (excludes halogenated alkanes) is 5. The van der Waals surface area contributed by atoms with E-state index < -0.39 is 18.1 Å². The number of carbonyl (C=O) groups is 1. The van der Waals surface area contributed by atoms with Crippen molar-refractivity contribution < 1.29 is 23.4 Å². The molecule has 0 saturated carbocycles. The Morgan fingerprint density at radius 3 is 2.31 bits per heavy atom. The van der Waals surface area contributed by atoms with Crippen LogP contribution in [0.3, 0.4) is 0 Å². The molecular weight excluding hydrogens is 407 g/mol. The molecule has 0 aliphatic carbocycles. The van der Waals surface area contributed by atoms with Gasteiger partial charge >= 0.3 is 5.97 Å². The molecule has 0 bridgehead atoms. The van der Waals surface area contributed by atoms with E-state index in [4.69, 9.17) is 14.2 Å². The highest BCUT2D eigenvalue weighted by atomic mass is 19.1. The third kappa shape index (κ3) is 7.14. The van der Waals surface area contributed by atoms with E-state index in [1.54, 1.807) is 24.3 Å². The summed E-state index contributed by atoms with van der Waals surface area (Å²) in [7, 11) is 0. The van der Waals surface area contributed by atoms with Gasteiger partial charge in [0.1, 0.15) is 11.6 Å². The number of carbonyl (C=O) groups excluding carboxylic acids is 1. The van der Waals surface area contributed by atoms with Crippen LogP contribution >= 0.6 is 0 Å². The zero-order valence-electron chi connectivity index (χ0n) is 19.3. The number of ether oxygens (including phenoxy) is 3. The molecule has 0 radical (unpaired) electrons. The Balaban J connectivity index is 1.47. The van der Waals surface area contributed by atoms with Gasteiger partial charge < -0.3 is 14.2 Å². The van der Waals surface area contributed by atoms with E-state index in [1.165, 1.54) is 44.6 Å². The van der Waals surface area contributed by atoms with E-state index >= 15 is 0 Å². The maximum Gasteiger partial charge on any atom is 0.343 e. The van der Waals surface area contributed by atoms with Gasteiger partial charge in [-0.15, -0.1) is 0 Å². The van der Waals surface area contributed by atoms with Crippen LogP contribution < -0.4 is 4.74 Å². The van der Waals surface area contributed by atoms with Gasteiger partial charge in [0.15, 0.2) is 6.29 Å². The highest BCUT2D eigenvalue weighted by Crippen LogP contribution is 2.29. The fraction of sp³-hybridized carbons (Fsp3) is 0.519. The third-order valence-electron chi connectivity index (χ3n) is 5.96. The van der Waals surface area contributed by atoms with E-state index in [9.17, 15) is 9.18 Å². The fourth-order valence-corrected chi connectivity index (χ4v) is 3.91. The minimum atomic E-state index is -0.734. The highest BCUT2D eigenvalue weighted by Gasteiger charge is 2.26. The molecule has 0 unspecified atom stereocenters. The van der Waals surface area contributed by atoms with Crippen molar-refractivity contribution in [3.05, 3.63) is 65.0 Å². The topological polar surface area (TPSA) is 44.8 Å². The summed E-state index contributed by atoms with van der Waals surface area (Å²) in [5.74, 6) is -0.329. The van der Waals surface area contributed by atoms with Crippen LogP contribution in [0.25, 0.3) is 0 Å². The van der Waals surface area contributed by atoms with Gasteiger partial charge in [-0.1, -0.05) is 70.6 Å². The molecule has 1 aliphatic rings. The number of halogens is 1. The summed E-state index contributed by atoms with van der Waals surface area (Å²) < 4.78 is 31.7. The first-order chi connectivity index (χ1) is 15.6. The van der Waals surface area contributed by atoms with Gasteiger partial charge in [0.2, 0.25) is 0 Å². The van der Waals surface area contributed by atoms with Gasteiger partial charge in [-0.2, -0.15) is 0 Å². The minimum absolute atomic E-state index is 0.155. The van der Waals surface area contributed by atoms with Crippen LogP contribution in [0.4, 0.5) is 4.39 Å². The molecule has 2 aromatic carbocycles. The second-order valence-electron chi connectivity index (χ2n) is 8.54. The normalized spacial score (nSPS) is 18.5. The Labute approximate surface area is 191 Å². The van der Waals surface area contributed by atoms with Gasteiger partial charge in [0.05, 0.1) is 18.8 Å². The van der Waals surface area contributed by atoms with Gasteiger partial charge in [-0.05, 0) is 42.7 Å². The maximum atomic E-state index is 14.7. The van der Waals surface area contributed by atoms with Crippen molar-refractivity contribution in [3.8, 4) is 5.75 Å². The van der Waals surface area contributed by atoms with Crippen LogP contribution in [0.15, 0.2) is 42.5 Å². The van der Waals surface area contributed by atoms with Crippen LogP contribution in [-0.4, -0.2) is 19.2 Å². The van der Waals surface area contributed by atoms with Crippen molar-refractivity contribution in [3.63, 3.8) is 0 Å². The molecule has 0 amide bonds. The first-order valence-electron chi connectivity index (χ1n) is 11.9. The Hall–Kier alpha value is -2.24. The summed E-state index contributed by atoms with van der Waals surface area (Å²) >= 11 is 0. The summed E-state index contributed by atoms with van der Waals surface area (Å²) in [4.78, 5) is 12.4. The number of hydrogen-bond donors (Lipinski definition) is 0. The lowest BCUT2D eigenvalue weighted by Gasteiger charge is -2.30. The second-order valence-corrected chi connectivity index (χ2v) is 8.54. The standard InChI is InChI=1S/C27H35FO4/c1-3-5-6-7-8-9-10-21-18-30-27(31-19-21)24-16-13-22(17-25(24)28)26(29)32-23-14-11-20(4-2)12-15-23/h11-17,21,27H,3-10,18-19H2,1-2H3. The number of esters is 1. The molecule has 2 aromatic rings. The smallest absolute Gasteiger partial charge is 0.343 e. The number of hydrogen-bond acceptors (Lipinski definition) is 4. The van der Waals surface area contributed by atoms with Gasteiger partial charge in [-0.3, -0.25) is 0 Å². The van der Waals surface area contributed by atoms with E-state index in [0.717, 1.165) is 18.4 Å². The second kappa shape index (κ2) is 12.7. The predicted octanol–water partition coefficient (Wildman–Crippen LogP) is 7.02. The molecule has 174 valence electrons. The summed E-state index contributed by atoms with van der Waals surface area (Å²) in [6.07, 6.45) is 8.84. The van der Waals surface area contributed by atoms with E-state index in [-0.39, 0.29) is 5.56 Å². The van der Waals surface area contributed by atoms with E-state index in [2.05, 4.69) is 13.8 Å². The van der Waals surface area contributed by atoms with Gasteiger partial charge in [-0.25, -0.2) is 9.18 Å². The Bertz CT molecular complexity index is 841. The summed E-state index contributed by atoms with van der Waals surface area (Å²) in [5.41, 5.74) is 1.62. The van der Waals surface area contributed by atoms with Crippen molar-refractivity contribution in [2.45, 2.75) is 71.5 Å². The molecule has 1 fully saturated rings. The quantitative estimate of drug-likeness (QED) is 0.213. The molecule has 3 rings (SSSR count). The zero-order valence-corrected chi connectivity index (χ0v) is 19.3. The number of aryl methyl sites for hydroxylation is 1. The summed E-state index contributed by atoms with van der Waals surface area (Å²) in [5, 5.41) is 0. The van der Waals surface area contributed by atoms with Crippen LogP contribution in [0.2, 0.25) is 0 Å². The number of rotatable bonds is 11. The van der Waals surface area contributed by atoms with Crippen LogP contribution in [-0.2, 0) is 15.9 Å². The van der Waals surface area contributed by atoms with Gasteiger partial charge in [0.25, 0.3) is 0 Å². The summed E-state index contributed by atoms with van der Waals surface area (Å²) in [6, 6.07) is 11.6. The molecule has 5 heteroatoms. The first kappa shape index (κ1) is 24.4. The first-order valence-corrected chi connectivity index (χ1v) is 11.9. The maximum absolute atomic E-state index is 14.7. The monoisotopic (exact) mass is 442 g/mol. The molecule has 1 aliphatic heterocycles. The van der Waals surface area contributed by atoms with Crippen molar-refractivity contribution >= 4 is 5.97 Å². The van der Waals surface area contributed by atoms with Crippen molar-refractivity contribution in [1.29, 1.82) is 0 Å². The Kier molecular flexibility index (Phi) is 9.69. The largest absolute Gasteiger partial charge is 0.423 e. The highest BCUT2D eigenvalue weighted by molar-refractivity contribution is 5.91. The van der Waals surface area contributed by atoms with E-state index in [1.807, 2.05) is 12.1 Å². The average molecular weight is 443 g/mol. The van der Waals surface area contributed by atoms with Crippen LogP contribution in [0, 0.1) is 11.7 Å². The minimum Gasteiger partial charge on any atom is -0.423 e. The van der Waals surface area contributed by atoms with E-state index in [0.29, 0.717) is 30.4 Å². The third-order valence-corrected chi connectivity index (χ3v) is 5.96.